The lowest BCUT2D eigenvalue weighted by atomic mass is 10.0. The van der Waals surface area contributed by atoms with Gasteiger partial charge in [0.05, 0.1) is 12.1 Å². The lowest BCUT2D eigenvalue weighted by Gasteiger charge is -2.34. The third-order valence-corrected chi connectivity index (χ3v) is 5.61. The number of piperidine rings is 1. The largest absolute Gasteiger partial charge is 0.323 e. The molecule has 1 aliphatic heterocycles. The Morgan fingerprint density at radius 1 is 1.36 bits per heavy atom. The molecule has 1 saturated heterocycles. The van der Waals surface area contributed by atoms with E-state index in [4.69, 9.17) is 0 Å². The summed E-state index contributed by atoms with van der Waals surface area (Å²) in [6.45, 7) is 2.44. The van der Waals surface area contributed by atoms with E-state index in [-0.39, 0.29) is 18.6 Å². The third-order valence-electron chi connectivity index (χ3n) is 4.75. The number of rotatable bonds is 3. The number of hydrogen-bond donors (Lipinski definition) is 2. The fourth-order valence-corrected chi connectivity index (χ4v) is 3.87. The molecule has 8 nitrogen and oxygen atoms in total. The highest BCUT2D eigenvalue weighted by Crippen LogP contribution is 2.24. The van der Waals surface area contributed by atoms with Crippen LogP contribution in [0.1, 0.15) is 11.4 Å². The molecule has 4 heterocycles. The van der Waals surface area contributed by atoms with Gasteiger partial charge in [-0.25, -0.2) is 19.2 Å². The minimum atomic E-state index is -1.09. The number of carbonyl (C=O) groups excluding carboxylic acids is 1. The number of amides is 2. The predicted octanol–water partition coefficient (Wildman–Crippen LogP) is 2.62. The summed E-state index contributed by atoms with van der Waals surface area (Å²) in [7, 11) is 1.73. The lowest BCUT2D eigenvalue weighted by Crippen LogP contribution is -2.52. The number of hydrogen-bond acceptors (Lipinski definition) is 7. The number of anilines is 1. The average Bonchev–Trinajstić information content (AvgIpc) is 3.13. The minimum Gasteiger partial charge on any atom is -0.321 e. The molecule has 0 aromatic carbocycles. The molecule has 2 atom stereocenters. The smallest absolute Gasteiger partial charge is 0.321 e. The van der Waals surface area contributed by atoms with Crippen molar-refractivity contribution >= 4 is 34.1 Å². The number of fused-ring (bicyclic) bond motifs is 1. The number of pyridine rings is 2. The molecule has 10 heteroatoms. The van der Waals surface area contributed by atoms with Crippen LogP contribution in [0, 0.1) is 6.92 Å². The molecule has 0 aliphatic carbocycles. The number of nitrogens with one attached hydrogen (secondary N) is 2. The van der Waals surface area contributed by atoms with E-state index >= 15 is 0 Å². The molecule has 1 fully saturated rings. The Kier molecular flexibility index (Phi) is 5.14. The molecule has 1 aliphatic rings. The van der Waals surface area contributed by atoms with Crippen molar-refractivity contribution < 1.29 is 9.18 Å². The molecule has 2 amide bonds. The first kappa shape index (κ1) is 18.6. The zero-order valence-electron chi connectivity index (χ0n) is 15.5. The first-order valence-electron chi connectivity index (χ1n) is 8.98. The molecular weight excluding hydrogens is 381 g/mol. The fraction of sp³-hybridized carbons (Fsp3) is 0.389. The van der Waals surface area contributed by atoms with Crippen LogP contribution in [0.15, 0.2) is 24.4 Å². The maximum absolute atomic E-state index is 14.1. The van der Waals surface area contributed by atoms with Gasteiger partial charge in [-0.1, -0.05) is 11.3 Å². The summed E-state index contributed by atoms with van der Waals surface area (Å²) in [4.78, 5) is 22.8. The zero-order chi connectivity index (χ0) is 19.7. The van der Waals surface area contributed by atoms with Gasteiger partial charge in [0.1, 0.15) is 22.7 Å². The maximum Gasteiger partial charge on any atom is 0.323 e. The summed E-state index contributed by atoms with van der Waals surface area (Å²) in [6.07, 6.45) is 1.13. The number of aromatic nitrogens is 4. The van der Waals surface area contributed by atoms with Gasteiger partial charge in [0, 0.05) is 30.2 Å². The standard InChI is InChI=1S/C18H20FN7OS/c1-10-24-25-17(28-10)14-4-3-11-8-21-16(7-15(11)22-14)23-18(27)26-6-5-13(20-2)12(19)9-26/h3-4,7-8,12-13,20H,5-6,9H2,1-2H3,(H,21,23,27)/t12-,13-/m0/s1. The van der Waals surface area contributed by atoms with Crippen molar-refractivity contribution in [3.8, 4) is 10.7 Å². The topological polar surface area (TPSA) is 95.9 Å². The van der Waals surface area contributed by atoms with Crippen molar-refractivity contribution in [3.63, 3.8) is 0 Å². The van der Waals surface area contributed by atoms with Crippen LogP contribution in [0.25, 0.3) is 21.6 Å². The second kappa shape index (κ2) is 7.72. The van der Waals surface area contributed by atoms with E-state index in [0.717, 1.165) is 21.1 Å². The molecule has 28 heavy (non-hydrogen) atoms. The molecule has 0 saturated carbocycles. The molecule has 0 spiro atoms. The predicted molar refractivity (Wildman–Crippen MR) is 106 cm³/mol. The molecular formula is C18H20FN7OS. The first-order chi connectivity index (χ1) is 13.5. The van der Waals surface area contributed by atoms with Gasteiger partial charge < -0.3 is 10.2 Å². The monoisotopic (exact) mass is 401 g/mol. The molecule has 3 aromatic rings. The van der Waals surface area contributed by atoms with Crippen LogP contribution in [0.2, 0.25) is 0 Å². The molecule has 3 aromatic heterocycles. The Morgan fingerprint density at radius 3 is 2.93 bits per heavy atom. The fourth-order valence-electron chi connectivity index (χ4n) is 3.21. The summed E-state index contributed by atoms with van der Waals surface area (Å²) in [5.41, 5.74) is 1.41. The van der Waals surface area contributed by atoms with E-state index in [0.29, 0.717) is 24.3 Å². The van der Waals surface area contributed by atoms with Crippen LogP contribution in [0.4, 0.5) is 15.0 Å². The van der Waals surface area contributed by atoms with Crippen LogP contribution in [0.3, 0.4) is 0 Å². The Hall–Kier alpha value is -2.72. The van der Waals surface area contributed by atoms with Gasteiger partial charge in [-0.2, -0.15) is 0 Å². The summed E-state index contributed by atoms with van der Waals surface area (Å²) < 4.78 is 14.1. The van der Waals surface area contributed by atoms with Crippen LogP contribution in [-0.4, -0.2) is 63.4 Å². The van der Waals surface area contributed by atoms with Crippen molar-refractivity contribution in [3.05, 3.63) is 29.4 Å². The summed E-state index contributed by atoms with van der Waals surface area (Å²) in [6, 6.07) is 4.91. The van der Waals surface area contributed by atoms with Gasteiger partial charge in [0.15, 0.2) is 5.01 Å². The summed E-state index contributed by atoms with van der Waals surface area (Å²) >= 11 is 1.47. The van der Waals surface area contributed by atoms with Crippen molar-refractivity contribution in [2.24, 2.45) is 0 Å². The Bertz CT molecular complexity index is 1010. The van der Waals surface area contributed by atoms with E-state index < -0.39 is 6.17 Å². The number of nitrogens with zero attached hydrogens (tertiary/aromatic N) is 5. The highest BCUT2D eigenvalue weighted by atomic mass is 32.1. The van der Waals surface area contributed by atoms with Crippen LogP contribution >= 0.6 is 11.3 Å². The molecule has 0 unspecified atom stereocenters. The Morgan fingerprint density at radius 2 is 2.21 bits per heavy atom. The number of halogens is 1. The summed E-state index contributed by atoms with van der Waals surface area (Å²) in [5.74, 6) is 0.377. The van der Waals surface area contributed by atoms with Gasteiger partial charge in [-0.05, 0) is 32.5 Å². The highest BCUT2D eigenvalue weighted by Gasteiger charge is 2.30. The number of aryl methyl sites for hydroxylation is 1. The Labute approximate surface area is 165 Å². The van der Waals surface area contributed by atoms with Gasteiger partial charge >= 0.3 is 6.03 Å². The molecule has 146 valence electrons. The second-order valence-electron chi connectivity index (χ2n) is 6.66. The van der Waals surface area contributed by atoms with Crippen molar-refractivity contribution in [1.29, 1.82) is 0 Å². The molecule has 4 rings (SSSR count). The van der Waals surface area contributed by atoms with Crippen molar-refractivity contribution in [2.45, 2.75) is 25.6 Å². The van der Waals surface area contributed by atoms with E-state index in [1.807, 2.05) is 19.1 Å². The second-order valence-corrected chi connectivity index (χ2v) is 7.84. The van der Waals surface area contributed by atoms with Crippen molar-refractivity contribution in [2.75, 3.05) is 25.5 Å². The summed E-state index contributed by atoms with van der Waals surface area (Å²) in [5, 5.41) is 16.3. The highest BCUT2D eigenvalue weighted by molar-refractivity contribution is 7.14. The maximum atomic E-state index is 14.1. The molecule has 2 N–H and O–H groups in total. The number of alkyl halides is 1. The number of carbonyl (C=O) groups is 1. The third kappa shape index (κ3) is 3.78. The van der Waals surface area contributed by atoms with Gasteiger partial charge in [0.25, 0.3) is 0 Å². The molecule has 0 bridgehead atoms. The van der Waals surface area contributed by atoms with Gasteiger partial charge in [0.2, 0.25) is 0 Å². The van der Waals surface area contributed by atoms with Gasteiger partial charge in [-0.15, -0.1) is 10.2 Å². The minimum absolute atomic E-state index is 0.0592. The van der Waals surface area contributed by atoms with Crippen LogP contribution < -0.4 is 10.6 Å². The van der Waals surface area contributed by atoms with E-state index in [9.17, 15) is 9.18 Å². The SMILES string of the molecule is CN[C@H]1CCN(C(=O)Nc2cc3nc(-c4nnc(C)s4)ccc3cn2)C[C@@H]1F. The molecule has 0 radical (unpaired) electrons. The number of likely N-dealkylation sites (tertiary alicyclic amines) is 1. The number of urea groups is 1. The Balaban J connectivity index is 1.51. The van der Waals surface area contributed by atoms with Crippen LogP contribution in [-0.2, 0) is 0 Å². The van der Waals surface area contributed by atoms with Gasteiger partial charge in [-0.3, -0.25) is 5.32 Å². The first-order valence-corrected chi connectivity index (χ1v) is 9.79. The van der Waals surface area contributed by atoms with E-state index in [1.54, 1.807) is 19.3 Å². The van der Waals surface area contributed by atoms with Crippen LogP contribution in [0.5, 0.6) is 0 Å². The normalized spacial score (nSPS) is 19.8. The van der Waals surface area contributed by atoms with Crippen molar-refractivity contribution in [1.82, 2.24) is 30.4 Å². The quantitative estimate of drug-likeness (QED) is 0.700. The average molecular weight is 401 g/mol. The van der Waals surface area contributed by atoms with E-state index in [2.05, 4.69) is 30.8 Å². The lowest BCUT2D eigenvalue weighted by molar-refractivity contribution is 0.126. The van der Waals surface area contributed by atoms with E-state index in [1.165, 1.54) is 16.2 Å². The zero-order valence-corrected chi connectivity index (χ0v) is 16.3.